The molecule has 0 aromatic heterocycles. The Balaban J connectivity index is -0.000000335. The molecule has 0 heterocycles. The van der Waals surface area contributed by atoms with Crippen LogP contribution in [0.1, 0.15) is 87.8 Å². The van der Waals surface area contributed by atoms with Crippen molar-refractivity contribution in [3.8, 4) is 0 Å². The summed E-state index contributed by atoms with van der Waals surface area (Å²) < 4.78 is 0. The molecule has 0 atom stereocenters. The van der Waals surface area contributed by atoms with Gasteiger partial charge in [-0.1, -0.05) is 102 Å². The van der Waals surface area contributed by atoms with Crippen LogP contribution in [-0.4, -0.2) is 8.41 Å². The van der Waals surface area contributed by atoms with E-state index in [0.29, 0.717) is 0 Å². The maximum absolute atomic E-state index is 2.37. The Morgan fingerprint density at radius 2 is 0.759 bits per heavy atom. The van der Waals surface area contributed by atoms with Gasteiger partial charge in [-0.3, -0.25) is 0 Å². The second kappa shape index (κ2) is 16.3. The Morgan fingerprint density at radius 3 is 1.00 bits per heavy atom. The second-order valence-corrected chi connectivity index (χ2v) is 8.47. The highest BCUT2D eigenvalue weighted by Gasteiger charge is 2.13. The summed E-state index contributed by atoms with van der Waals surface area (Å²) in [6.07, 6.45) is 5.89. The van der Waals surface area contributed by atoms with Gasteiger partial charge in [0.2, 0.25) is 0 Å². The Hall–Kier alpha value is -1.50. The van der Waals surface area contributed by atoms with Crippen LogP contribution < -0.4 is 0 Å². The van der Waals surface area contributed by atoms with Crippen molar-refractivity contribution in [2.75, 3.05) is 0 Å². The average Bonchev–Trinajstić information content (AvgIpc) is 2.63. The summed E-state index contributed by atoms with van der Waals surface area (Å²) in [6, 6.07) is 12.8. The first kappa shape index (κ1) is 32.2. The number of hydrogen-bond donors (Lipinski definition) is 0. The van der Waals surface area contributed by atoms with Crippen LogP contribution in [0, 0.1) is 53.4 Å². The molecule has 0 nitrogen and oxygen atoms in total. The Morgan fingerprint density at radius 1 is 0.517 bits per heavy atom. The summed E-state index contributed by atoms with van der Waals surface area (Å²) in [6.45, 7) is 17.6. The lowest BCUT2D eigenvalue weighted by atomic mass is 9.84. The van der Waals surface area contributed by atoms with Crippen LogP contribution in [0.15, 0.2) is 36.4 Å². The molecule has 163 valence electrons. The van der Waals surface area contributed by atoms with Crippen LogP contribution in [-0.2, 0) is 0 Å². The number of rotatable bonds is 0. The van der Waals surface area contributed by atoms with Gasteiger partial charge in [-0.15, -0.1) is 0 Å². The van der Waals surface area contributed by atoms with Crippen molar-refractivity contribution in [2.24, 2.45) is 11.8 Å². The zero-order valence-corrected chi connectivity index (χ0v) is 19.0. The van der Waals surface area contributed by atoms with Crippen molar-refractivity contribution < 1.29 is 0 Å². The van der Waals surface area contributed by atoms with E-state index in [9.17, 15) is 0 Å². The second-order valence-electron chi connectivity index (χ2n) is 8.47. The maximum atomic E-state index is 2.37. The lowest BCUT2D eigenvalue weighted by Crippen LogP contribution is -2.08. The van der Waals surface area contributed by atoms with Crippen LogP contribution in [0.4, 0.5) is 0 Å². The van der Waals surface area contributed by atoms with E-state index in [1.54, 1.807) is 0 Å². The van der Waals surface area contributed by atoms with Gasteiger partial charge in [-0.05, 0) is 75.6 Å². The van der Waals surface area contributed by atoms with Gasteiger partial charge in [0.1, 0.15) is 0 Å². The van der Waals surface area contributed by atoms with Crippen molar-refractivity contribution in [1.82, 2.24) is 0 Å². The molecule has 1 aliphatic carbocycles. The molecule has 1 heteroatoms. The predicted molar refractivity (Wildman–Crippen MR) is 137 cm³/mol. The van der Waals surface area contributed by atoms with Crippen LogP contribution in [0.2, 0.25) is 0 Å². The quantitative estimate of drug-likeness (QED) is 0.391. The van der Waals surface area contributed by atoms with E-state index < -0.39 is 0 Å². The largest absolute Gasteiger partial charge is 0.0776 e. The van der Waals surface area contributed by atoms with Gasteiger partial charge in [0, 0.05) is 8.41 Å². The summed E-state index contributed by atoms with van der Waals surface area (Å²) in [5.41, 5.74) is 8.30. The third-order valence-electron chi connectivity index (χ3n) is 5.85. The lowest BCUT2D eigenvalue weighted by Gasteiger charge is -2.22. The lowest BCUT2D eigenvalue weighted by molar-refractivity contribution is 0.308. The zero-order chi connectivity index (χ0) is 19.7. The maximum Gasteiger partial charge on any atom is 0 e. The Kier molecular flexibility index (Phi) is 18.1. The van der Waals surface area contributed by atoms with Crippen molar-refractivity contribution in [3.05, 3.63) is 69.8 Å². The molecule has 29 heavy (non-hydrogen) atoms. The molecule has 0 unspecified atom stereocenters. The van der Waals surface area contributed by atoms with E-state index in [-0.39, 0.29) is 23.3 Å². The summed E-state index contributed by atoms with van der Waals surface area (Å²) >= 11 is 0. The molecule has 1 saturated carbocycles. The highest BCUT2D eigenvalue weighted by Crippen LogP contribution is 2.27. The van der Waals surface area contributed by atoms with Crippen LogP contribution in [0.5, 0.6) is 0 Å². The topological polar surface area (TPSA) is 0 Å². The van der Waals surface area contributed by atoms with E-state index >= 15 is 0 Å². The van der Waals surface area contributed by atoms with Crippen LogP contribution in [0.3, 0.4) is 0 Å². The third kappa shape index (κ3) is 12.6. The standard InChI is InChI=1S/C10H14.C8H16.C8H10.2CH4.B/c1-7-5-6-8(2)10(4)9(7)3;2*1-7-3-5-8(2)6-4-7;;;/h5-6H,1-4H3;7-8H,3-6H2,1-2H3;3-6H,1-2H3;2*1H4;. The summed E-state index contributed by atoms with van der Waals surface area (Å²) in [5.74, 6) is 2.04. The fourth-order valence-corrected chi connectivity index (χ4v) is 3.16. The molecule has 0 N–H and O–H groups in total. The molecule has 1 fully saturated rings. The first-order chi connectivity index (χ1) is 12.2. The molecule has 3 rings (SSSR count). The SMILES string of the molecule is C.C.CC1CCC(C)CC1.Cc1ccc(C)c(C)c1C.Cc1ccc(C)cc1.[B]. The highest BCUT2D eigenvalue weighted by atomic mass is 14.2. The molecule has 0 saturated heterocycles. The molecule has 0 aliphatic heterocycles. The molecule has 3 radical (unpaired) electrons. The fourth-order valence-electron chi connectivity index (χ4n) is 3.16. The Labute approximate surface area is 186 Å². The predicted octanol–water partition coefficient (Wildman–Crippen LogP) is 8.95. The molecular weight excluding hydrogens is 347 g/mol. The number of aryl methyl sites for hydroxylation is 4. The van der Waals surface area contributed by atoms with Gasteiger partial charge in [0.15, 0.2) is 0 Å². The summed E-state index contributed by atoms with van der Waals surface area (Å²) in [4.78, 5) is 0. The van der Waals surface area contributed by atoms with Crippen LogP contribution in [0.25, 0.3) is 0 Å². The fraction of sp³-hybridized carbons (Fsp3) is 0.571. The molecule has 0 amide bonds. The minimum Gasteiger partial charge on any atom is -0.0776 e. The molecule has 0 bridgehead atoms. The van der Waals surface area contributed by atoms with Gasteiger partial charge >= 0.3 is 0 Å². The van der Waals surface area contributed by atoms with Crippen molar-refractivity contribution in [1.29, 1.82) is 0 Å². The van der Waals surface area contributed by atoms with E-state index in [1.165, 1.54) is 59.1 Å². The summed E-state index contributed by atoms with van der Waals surface area (Å²) in [7, 11) is 0. The van der Waals surface area contributed by atoms with Gasteiger partial charge in [0.05, 0.1) is 0 Å². The number of benzene rings is 2. The zero-order valence-electron chi connectivity index (χ0n) is 19.0. The van der Waals surface area contributed by atoms with Gasteiger partial charge < -0.3 is 0 Å². The minimum atomic E-state index is 0. The number of hydrogen-bond acceptors (Lipinski definition) is 0. The Bertz CT molecular complexity index is 589. The van der Waals surface area contributed by atoms with Crippen molar-refractivity contribution in [3.63, 3.8) is 0 Å². The highest BCUT2D eigenvalue weighted by molar-refractivity contribution is 5.75. The van der Waals surface area contributed by atoms with Crippen molar-refractivity contribution in [2.45, 2.75) is 95.9 Å². The normalized spacial score (nSPS) is 17.0. The average molecular weight is 396 g/mol. The van der Waals surface area contributed by atoms with Gasteiger partial charge in [-0.25, -0.2) is 0 Å². The first-order valence-electron chi connectivity index (χ1n) is 10.3. The molecule has 2 aromatic carbocycles. The minimum absolute atomic E-state index is 0. The van der Waals surface area contributed by atoms with Crippen molar-refractivity contribution >= 4 is 8.41 Å². The first-order valence-corrected chi connectivity index (χ1v) is 10.3. The van der Waals surface area contributed by atoms with E-state index in [2.05, 4.69) is 91.8 Å². The van der Waals surface area contributed by atoms with Gasteiger partial charge in [-0.2, -0.15) is 0 Å². The molecular formula is C28H48B. The van der Waals surface area contributed by atoms with E-state index in [1.807, 2.05) is 0 Å². The van der Waals surface area contributed by atoms with Crippen LogP contribution >= 0.6 is 0 Å². The molecule has 2 aromatic rings. The summed E-state index contributed by atoms with van der Waals surface area (Å²) in [5, 5.41) is 0. The van der Waals surface area contributed by atoms with E-state index in [4.69, 9.17) is 0 Å². The molecule has 1 aliphatic rings. The van der Waals surface area contributed by atoms with Gasteiger partial charge in [0.25, 0.3) is 0 Å². The monoisotopic (exact) mass is 395 g/mol. The smallest absolute Gasteiger partial charge is 0 e. The third-order valence-corrected chi connectivity index (χ3v) is 5.85. The van der Waals surface area contributed by atoms with E-state index in [0.717, 1.165) is 11.8 Å². The molecule has 0 spiro atoms.